The fraction of sp³-hybridized carbons (Fsp3) is 0.333. The number of nitriles is 1. The summed E-state index contributed by atoms with van der Waals surface area (Å²) in [5.41, 5.74) is 3.15. The third kappa shape index (κ3) is 4.41. The van der Waals surface area contributed by atoms with E-state index in [0.29, 0.717) is 26.2 Å². The topological polar surface area (TPSA) is 56.6 Å². The van der Waals surface area contributed by atoms with Crippen LogP contribution >= 0.6 is 0 Å². The molecule has 0 saturated carbocycles. The Morgan fingerprint density at radius 3 is 2.35 bits per heavy atom. The molecular formula is C21H23N3O2. The van der Waals surface area contributed by atoms with Gasteiger partial charge in [0.2, 0.25) is 0 Å². The van der Waals surface area contributed by atoms with Gasteiger partial charge < -0.3 is 9.64 Å². The summed E-state index contributed by atoms with van der Waals surface area (Å²) in [5, 5.41) is 9.59. The summed E-state index contributed by atoms with van der Waals surface area (Å²) in [5.74, 6) is 0. The number of rotatable bonds is 4. The third-order valence-electron chi connectivity index (χ3n) is 4.66. The van der Waals surface area contributed by atoms with Crippen LogP contribution in [0.3, 0.4) is 0 Å². The highest BCUT2D eigenvalue weighted by molar-refractivity contribution is 5.67. The van der Waals surface area contributed by atoms with Crippen LogP contribution in [0.1, 0.15) is 22.7 Å². The van der Waals surface area contributed by atoms with E-state index in [0.717, 1.165) is 11.1 Å². The predicted molar refractivity (Wildman–Crippen MR) is 99.3 cm³/mol. The van der Waals surface area contributed by atoms with Gasteiger partial charge >= 0.3 is 6.09 Å². The highest BCUT2D eigenvalue weighted by Gasteiger charge is 2.27. The second-order valence-electron chi connectivity index (χ2n) is 6.51. The summed E-state index contributed by atoms with van der Waals surface area (Å²) in [6.45, 7) is 4.77. The summed E-state index contributed by atoms with van der Waals surface area (Å²) in [6, 6.07) is 19.8. The number of amides is 1. The van der Waals surface area contributed by atoms with E-state index >= 15 is 0 Å². The Balaban J connectivity index is 1.52. The number of hydrogen-bond donors (Lipinski definition) is 0. The highest BCUT2D eigenvalue weighted by atomic mass is 16.6. The van der Waals surface area contributed by atoms with E-state index in [2.05, 4.69) is 11.0 Å². The summed E-state index contributed by atoms with van der Waals surface area (Å²) in [4.78, 5) is 16.1. The van der Waals surface area contributed by atoms with Crippen molar-refractivity contribution in [3.63, 3.8) is 0 Å². The van der Waals surface area contributed by atoms with Gasteiger partial charge in [-0.05, 0) is 18.1 Å². The Kier molecular flexibility index (Phi) is 5.88. The average molecular weight is 349 g/mol. The van der Waals surface area contributed by atoms with E-state index in [1.54, 1.807) is 4.90 Å². The Morgan fingerprint density at radius 2 is 1.73 bits per heavy atom. The van der Waals surface area contributed by atoms with Crippen LogP contribution in [0.25, 0.3) is 0 Å². The van der Waals surface area contributed by atoms with Gasteiger partial charge in [-0.1, -0.05) is 60.2 Å². The van der Waals surface area contributed by atoms with Gasteiger partial charge in [0.15, 0.2) is 0 Å². The Morgan fingerprint density at radius 1 is 1.08 bits per heavy atom. The number of piperazine rings is 1. The molecule has 5 nitrogen and oxygen atoms in total. The van der Waals surface area contributed by atoms with Crippen molar-refractivity contribution in [2.24, 2.45) is 0 Å². The molecule has 0 spiro atoms. The van der Waals surface area contributed by atoms with Crippen LogP contribution in [0.2, 0.25) is 0 Å². The smallest absolute Gasteiger partial charge is 0.410 e. The van der Waals surface area contributed by atoms with Gasteiger partial charge in [0.05, 0.1) is 6.07 Å². The first-order chi connectivity index (χ1) is 12.7. The number of benzene rings is 2. The van der Waals surface area contributed by atoms with Gasteiger partial charge in [0.25, 0.3) is 0 Å². The molecule has 5 heteroatoms. The molecule has 0 radical (unpaired) electrons. The molecule has 0 aliphatic carbocycles. The maximum atomic E-state index is 12.2. The van der Waals surface area contributed by atoms with Crippen LogP contribution in [0.4, 0.5) is 4.79 Å². The number of carbonyl (C=O) groups is 1. The molecule has 0 bridgehead atoms. The van der Waals surface area contributed by atoms with Crippen molar-refractivity contribution in [3.8, 4) is 6.07 Å². The van der Waals surface area contributed by atoms with Gasteiger partial charge in [-0.3, -0.25) is 4.90 Å². The molecule has 1 heterocycles. The largest absolute Gasteiger partial charge is 0.445 e. The normalized spacial score (nSPS) is 15.9. The molecule has 1 fully saturated rings. The van der Waals surface area contributed by atoms with Crippen LogP contribution in [0.5, 0.6) is 0 Å². The van der Waals surface area contributed by atoms with Gasteiger partial charge in [-0.25, -0.2) is 4.79 Å². The molecule has 1 unspecified atom stereocenters. The molecular weight excluding hydrogens is 326 g/mol. The Hall–Kier alpha value is -2.84. The fourth-order valence-corrected chi connectivity index (χ4v) is 3.09. The lowest BCUT2D eigenvalue weighted by molar-refractivity contribution is 0.0661. The van der Waals surface area contributed by atoms with Crippen LogP contribution in [-0.4, -0.2) is 42.1 Å². The zero-order valence-electron chi connectivity index (χ0n) is 15.0. The molecule has 0 aromatic heterocycles. The van der Waals surface area contributed by atoms with Crippen LogP contribution in [-0.2, 0) is 11.3 Å². The molecule has 2 aromatic rings. The molecule has 26 heavy (non-hydrogen) atoms. The SMILES string of the molecule is Cc1ccc(C(C#N)N2CCN(C(=O)OCc3ccccc3)CC2)cc1. The van der Waals surface area contributed by atoms with Gasteiger partial charge in [0, 0.05) is 26.2 Å². The Labute approximate surface area is 154 Å². The summed E-state index contributed by atoms with van der Waals surface area (Å²) >= 11 is 0. The average Bonchev–Trinajstić information content (AvgIpc) is 2.69. The number of hydrogen-bond acceptors (Lipinski definition) is 4. The summed E-state index contributed by atoms with van der Waals surface area (Å²) in [7, 11) is 0. The first-order valence-corrected chi connectivity index (χ1v) is 8.83. The van der Waals surface area contributed by atoms with Crippen molar-refractivity contribution in [2.45, 2.75) is 19.6 Å². The monoisotopic (exact) mass is 349 g/mol. The van der Waals surface area contributed by atoms with E-state index < -0.39 is 0 Å². The molecule has 3 rings (SSSR count). The van der Waals surface area contributed by atoms with E-state index in [1.165, 1.54) is 5.56 Å². The number of aryl methyl sites for hydroxylation is 1. The van der Waals surface area contributed by atoms with E-state index in [4.69, 9.17) is 4.74 Å². The molecule has 1 saturated heterocycles. The maximum absolute atomic E-state index is 12.2. The number of ether oxygens (including phenoxy) is 1. The predicted octanol–water partition coefficient (Wildman–Crippen LogP) is 3.51. The first kappa shape index (κ1) is 18.0. The molecule has 1 aliphatic rings. The van der Waals surface area contributed by atoms with Crippen molar-refractivity contribution >= 4 is 6.09 Å². The molecule has 1 aliphatic heterocycles. The van der Waals surface area contributed by atoms with Gasteiger partial charge in [0.1, 0.15) is 12.6 Å². The van der Waals surface area contributed by atoms with E-state index in [9.17, 15) is 10.1 Å². The van der Waals surface area contributed by atoms with E-state index in [-0.39, 0.29) is 18.7 Å². The zero-order valence-corrected chi connectivity index (χ0v) is 15.0. The lowest BCUT2D eigenvalue weighted by atomic mass is 10.0. The second-order valence-corrected chi connectivity index (χ2v) is 6.51. The first-order valence-electron chi connectivity index (χ1n) is 8.83. The van der Waals surface area contributed by atoms with Crippen LogP contribution in [0.15, 0.2) is 54.6 Å². The minimum absolute atomic E-state index is 0.280. The van der Waals surface area contributed by atoms with Crippen LogP contribution < -0.4 is 0 Å². The zero-order chi connectivity index (χ0) is 18.4. The number of nitrogens with zero attached hydrogens (tertiary/aromatic N) is 3. The van der Waals surface area contributed by atoms with Crippen molar-refractivity contribution in [2.75, 3.05) is 26.2 Å². The second kappa shape index (κ2) is 8.50. The molecule has 134 valence electrons. The molecule has 2 aromatic carbocycles. The van der Waals surface area contributed by atoms with Gasteiger partial charge in [-0.15, -0.1) is 0 Å². The lowest BCUT2D eigenvalue weighted by Gasteiger charge is -2.36. The van der Waals surface area contributed by atoms with Gasteiger partial charge in [-0.2, -0.15) is 5.26 Å². The van der Waals surface area contributed by atoms with Crippen molar-refractivity contribution < 1.29 is 9.53 Å². The highest BCUT2D eigenvalue weighted by Crippen LogP contribution is 2.22. The van der Waals surface area contributed by atoms with Crippen molar-refractivity contribution in [1.82, 2.24) is 9.80 Å². The quantitative estimate of drug-likeness (QED) is 0.847. The fourth-order valence-electron chi connectivity index (χ4n) is 3.09. The molecule has 0 N–H and O–H groups in total. The summed E-state index contributed by atoms with van der Waals surface area (Å²) < 4.78 is 5.39. The van der Waals surface area contributed by atoms with Crippen molar-refractivity contribution in [1.29, 1.82) is 5.26 Å². The van der Waals surface area contributed by atoms with E-state index in [1.807, 2.05) is 61.5 Å². The summed E-state index contributed by atoms with van der Waals surface area (Å²) in [6.07, 6.45) is -0.294. The van der Waals surface area contributed by atoms with Crippen molar-refractivity contribution in [3.05, 3.63) is 71.3 Å². The van der Waals surface area contributed by atoms with Crippen LogP contribution in [0, 0.1) is 18.3 Å². The maximum Gasteiger partial charge on any atom is 0.410 e. The molecule has 1 atom stereocenters. The number of carbonyl (C=O) groups excluding carboxylic acids is 1. The molecule has 1 amide bonds. The Bertz CT molecular complexity index is 760. The lowest BCUT2D eigenvalue weighted by Crippen LogP contribution is -2.49. The minimum atomic E-state index is -0.294. The minimum Gasteiger partial charge on any atom is -0.445 e. The standard InChI is InChI=1S/C21H23N3O2/c1-17-7-9-19(10-8-17)20(15-22)23-11-13-24(14-12-23)21(25)26-16-18-5-3-2-4-6-18/h2-10,20H,11-14,16H2,1H3. The third-order valence-corrected chi connectivity index (χ3v) is 4.66.